The number of aliphatic hydroxyl groups is 1. The Morgan fingerprint density at radius 1 is 1.00 bits per heavy atom. The first-order valence-electron chi connectivity index (χ1n) is 8.89. The molecule has 1 atom stereocenters. The summed E-state index contributed by atoms with van der Waals surface area (Å²) in [6.07, 6.45) is -0.538. The lowest BCUT2D eigenvalue weighted by molar-refractivity contribution is 0.106. The van der Waals surface area contributed by atoms with E-state index in [1.165, 1.54) is 26.8 Å². The molecule has 0 radical (unpaired) electrons. The highest BCUT2D eigenvalue weighted by Gasteiger charge is 2.08. The van der Waals surface area contributed by atoms with Crippen LogP contribution in [0.3, 0.4) is 0 Å². The van der Waals surface area contributed by atoms with Crippen LogP contribution in [0.15, 0.2) is 70.7 Å². The summed E-state index contributed by atoms with van der Waals surface area (Å²) in [5, 5.41) is 21.0. The van der Waals surface area contributed by atoms with Gasteiger partial charge in [-0.05, 0) is 51.5 Å². The summed E-state index contributed by atoms with van der Waals surface area (Å²) in [5.41, 5.74) is 3.67. The number of ether oxygens (including phenoxy) is 1. The van der Waals surface area contributed by atoms with Gasteiger partial charge in [0.05, 0.1) is 0 Å². The third-order valence-electron chi connectivity index (χ3n) is 4.38. The van der Waals surface area contributed by atoms with Crippen LogP contribution in [0.2, 0.25) is 0 Å². The fraction of sp³-hybridized carbons (Fsp3) is 0.182. The van der Waals surface area contributed by atoms with Gasteiger partial charge in [0.1, 0.15) is 18.5 Å². The predicted molar refractivity (Wildman–Crippen MR) is 115 cm³/mol. The zero-order valence-corrected chi connectivity index (χ0v) is 16.4. The molecule has 3 nitrogen and oxygen atoms in total. The Hall–Kier alpha value is -2.18. The fourth-order valence-corrected chi connectivity index (χ4v) is 4.60. The molecule has 0 bridgehead atoms. The Balaban J connectivity index is 1.30. The molecule has 4 aromatic rings. The summed E-state index contributed by atoms with van der Waals surface area (Å²) < 4.78 is 7.03. The number of hydrogen-bond acceptors (Lipinski definition) is 5. The maximum atomic E-state index is 10.1. The van der Waals surface area contributed by atoms with Crippen LogP contribution < -0.4 is 10.1 Å². The smallest absolute Gasteiger partial charge is 0.119 e. The van der Waals surface area contributed by atoms with Crippen LogP contribution in [0.5, 0.6) is 5.75 Å². The first kappa shape index (κ1) is 18.2. The fourth-order valence-electron chi connectivity index (χ4n) is 2.96. The molecule has 0 fully saturated rings. The van der Waals surface area contributed by atoms with Gasteiger partial charge in [-0.3, -0.25) is 0 Å². The van der Waals surface area contributed by atoms with E-state index in [4.69, 9.17) is 4.74 Å². The van der Waals surface area contributed by atoms with Crippen LogP contribution >= 0.6 is 22.7 Å². The van der Waals surface area contributed by atoms with Crippen LogP contribution in [0.25, 0.3) is 21.2 Å². The van der Waals surface area contributed by atoms with Gasteiger partial charge in [-0.25, -0.2) is 0 Å². The standard InChI is InChI=1S/C22H21NO2S2/c24-18(12-23-11-16-9-10-26-14-16)13-25-19-7-5-17(6-8-19)21-15-27-22-4-2-1-3-20(21)22/h1-10,14-15,18,23-24H,11-13H2/t18-/m1/s1. The predicted octanol–water partition coefficient (Wildman–Crippen LogP) is 5.16. The van der Waals surface area contributed by atoms with Gasteiger partial charge in [0, 0.05) is 28.7 Å². The van der Waals surface area contributed by atoms with Crippen molar-refractivity contribution in [2.24, 2.45) is 0 Å². The molecule has 0 spiro atoms. The highest BCUT2D eigenvalue weighted by Crippen LogP contribution is 2.34. The Morgan fingerprint density at radius 2 is 1.85 bits per heavy atom. The lowest BCUT2D eigenvalue weighted by Crippen LogP contribution is -2.31. The first-order chi connectivity index (χ1) is 13.3. The number of nitrogens with one attached hydrogen (secondary N) is 1. The average Bonchev–Trinajstić information content (AvgIpc) is 3.37. The molecule has 0 saturated heterocycles. The second-order valence-electron chi connectivity index (χ2n) is 6.40. The van der Waals surface area contributed by atoms with Gasteiger partial charge in [-0.2, -0.15) is 11.3 Å². The van der Waals surface area contributed by atoms with Crippen molar-refractivity contribution < 1.29 is 9.84 Å². The number of aliphatic hydroxyl groups excluding tert-OH is 1. The lowest BCUT2D eigenvalue weighted by Gasteiger charge is -2.13. The average molecular weight is 396 g/mol. The Labute approximate surface area is 166 Å². The van der Waals surface area contributed by atoms with E-state index in [9.17, 15) is 5.11 Å². The van der Waals surface area contributed by atoms with Gasteiger partial charge in [0.2, 0.25) is 0 Å². The summed E-state index contributed by atoms with van der Waals surface area (Å²) in [4.78, 5) is 0. The molecule has 2 N–H and O–H groups in total. The molecule has 0 aliphatic heterocycles. The van der Waals surface area contributed by atoms with E-state index in [2.05, 4.69) is 63.9 Å². The molecule has 2 aromatic heterocycles. The molecule has 0 aliphatic rings. The molecule has 2 aromatic carbocycles. The van der Waals surface area contributed by atoms with Gasteiger partial charge in [-0.15, -0.1) is 11.3 Å². The van der Waals surface area contributed by atoms with Crippen molar-refractivity contribution in [2.75, 3.05) is 13.2 Å². The molecule has 0 aliphatic carbocycles. The van der Waals surface area contributed by atoms with Crippen LogP contribution in [0, 0.1) is 0 Å². The zero-order chi connectivity index (χ0) is 18.5. The summed E-state index contributed by atoms with van der Waals surface area (Å²) in [7, 11) is 0. The molecule has 4 rings (SSSR count). The summed E-state index contributed by atoms with van der Waals surface area (Å²) in [5.74, 6) is 0.773. The van der Waals surface area contributed by atoms with Crippen molar-refractivity contribution in [1.82, 2.24) is 5.32 Å². The number of rotatable bonds is 8. The van der Waals surface area contributed by atoms with Gasteiger partial charge < -0.3 is 15.2 Å². The SMILES string of the molecule is O[C@H](CNCc1ccsc1)COc1ccc(-c2csc3ccccc23)cc1. The van der Waals surface area contributed by atoms with Gasteiger partial charge in [0.25, 0.3) is 0 Å². The van der Waals surface area contributed by atoms with Crippen molar-refractivity contribution in [3.8, 4) is 16.9 Å². The molecular formula is C22H21NO2S2. The lowest BCUT2D eigenvalue weighted by atomic mass is 10.0. The highest BCUT2D eigenvalue weighted by atomic mass is 32.1. The second kappa shape index (κ2) is 8.67. The van der Waals surface area contributed by atoms with Crippen molar-refractivity contribution >= 4 is 32.8 Å². The Bertz CT molecular complexity index is 977. The number of thiophene rings is 2. The summed E-state index contributed by atoms with van der Waals surface area (Å²) >= 11 is 3.44. The molecule has 2 heterocycles. The highest BCUT2D eigenvalue weighted by molar-refractivity contribution is 7.17. The third-order valence-corrected chi connectivity index (χ3v) is 6.07. The summed E-state index contributed by atoms with van der Waals surface area (Å²) in [6, 6.07) is 18.6. The number of benzene rings is 2. The monoisotopic (exact) mass is 395 g/mol. The minimum absolute atomic E-state index is 0.275. The van der Waals surface area contributed by atoms with Crippen molar-refractivity contribution in [1.29, 1.82) is 0 Å². The van der Waals surface area contributed by atoms with Gasteiger partial charge in [0.15, 0.2) is 0 Å². The molecule has 138 valence electrons. The van der Waals surface area contributed by atoms with E-state index in [1.807, 2.05) is 12.1 Å². The quantitative estimate of drug-likeness (QED) is 0.433. The minimum Gasteiger partial charge on any atom is -0.491 e. The van der Waals surface area contributed by atoms with E-state index in [1.54, 1.807) is 22.7 Å². The van der Waals surface area contributed by atoms with Crippen LogP contribution in [-0.4, -0.2) is 24.4 Å². The maximum Gasteiger partial charge on any atom is 0.119 e. The van der Waals surface area contributed by atoms with E-state index >= 15 is 0 Å². The Morgan fingerprint density at radius 3 is 2.67 bits per heavy atom. The molecular weight excluding hydrogens is 374 g/mol. The van der Waals surface area contributed by atoms with Crippen LogP contribution in [0.1, 0.15) is 5.56 Å². The zero-order valence-electron chi connectivity index (χ0n) is 14.8. The van der Waals surface area contributed by atoms with Crippen LogP contribution in [-0.2, 0) is 6.54 Å². The summed E-state index contributed by atoms with van der Waals surface area (Å²) in [6.45, 7) is 1.55. The van der Waals surface area contributed by atoms with Crippen molar-refractivity contribution in [3.63, 3.8) is 0 Å². The van der Waals surface area contributed by atoms with Crippen molar-refractivity contribution in [2.45, 2.75) is 12.6 Å². The van der Waals surface area contributed by atoms with Gasteiger partial charge >= 0.3 is 0 Å². The number of fused-ring (bicyclic) bond motifs is 1. The molecule has 0 amide bonds. The topological polar surface area (TPSA) is 41.5 Å². The minimum atomic E-state index is -0.538. The molecule has 0 unspecified atom stereocenters. The van der Waals surface area contributed by atoms with E-state index < -0.39 is 6.10 Å². The Kier molecular flexibility index (Phi) is 5.84. The largest absolute Gasteiger partial charge is 0.491 e. The first-order valence-corrected chi connectivity index (χ1v) is 10.7. The van der Waals surface area contributed by atoms with Crippen LogP contribution in [0.4, 0.5) is 0 Å². The maximum absolute atomic E-state index is 10.1. The molecule has 5 heteroatoms. The van der Waals surface area contributed by atoms with Crippen molar-refractivity contribution in [3.05, 3.63) is 76.3 Å². The van der Waals surface area contributed by atoms with Gasteiger partial charge in [-0.1, -0.05) is 30.3 Å². The number of hydrogen-bond donors (Lipinski definition) is 2. The molecule has 0 saturated carbocycles. The second-order valence-corrected chi connectivity index (χ2v) is 8.09. The van der Waals surface area contributed by atoms with E-state index in [-0.39, 0.29) is 6.61 Å². The molecule has 27 heavy (non-hydrogen) atoms. The van der Waals surface area contributed by atoms with E-state index in [0.717, 1.165) is 12.3 Å². The van der Waals surface area contributed by atoms with E-state index in [0.29, 0.717) is 6.54 Å². The normalized spacial score (nSPS) is 12.3. The third kappa shape index (κ3) is 4.57.